The van der Waals surface area contributed by atoms with Gasteiger partial charge in [0, 0.05) is 16.7 Å². The van der Waals surface area contributed by atoms with E-state index >= 15 is 0 Å². The van der Waals surface area contributed by atoms with Crippen molar-refractivity contribution in [2.75, 3.05) is 0 Å². The minimum atomic E-state index is -0.793. The summed E-state index contributed by atoms with van der Waals surface area (Å²) in [5.74, 6) is -2.90. The summed E-state index contributed by atoms with van der Waals surface area (Å²) in [6.45, 7) is 0. The maximum Gasteiger partial charge on any atom is 0.260 e. The topological polar surface area (TPSA) is 84.1 Å². The van der Waals surface area contributed by atoms with Gasteiger partial charge in [-0.25, -0.2) is 8.78 Å². The van der Waals surface area contributed by atoms with E-state index < -0.39 is 41.0 Å². The molecule has 0 unspecified atom stereocenters. The Morgan fingerprint density at radius 3 is 1.73 bits per heavy atom. The van der Waals surface area contributed by atoms with Gasteiger partial charge in [0.2, 0.25) is 0 Å². The SMILES string of the molecule is O=C(CC(=O)c1c(-c2ccc(F)cc2)[nH]c(=O)c(C(=O)c2ccc(F)cc2)c1-c1ccccc1)c1ccccc1. The highest BCUT2D eigenvalue weighted by atomic mass is 19.1. The number of hydrogen-bond acceptors (Lipinski definition) is 4. The summed E-state index contributed by atoms with van der Waals surface area (Å²) >= 11 is 0. The van der Waals surface area contributed by atoms with Gasteiger partial charge in [0.15, 0.2) is 17.3 Å². The van der Waals surface area contributed by atoms with E-state index in [1.165, 1.54) is 36.4 Å². The van der Waals surface area contributed by atoms with Gasteiger partial charge in [0.05, 0.1) is 23.2 Å². The number of rotatable bonds is 8. The van der Waals surface area contributed by atoms with E-state index in [2.05, 4.69) is 4.98 Å². The lowest BCUT2D eigenvalue weighted by Gasteiger charge is -2.18. The molecular weight excluding hydrogens is 512 g/mol. The van der Waals surface area contributed by atoms with Gasteiger partial charge >= 0.3 is 0 Å². The van der Waals surface area contributed by atoms with Crippen molar-refractivity contribution in [1.82, 2.24) is 4.98 Å². The number of benzene rings is 4. The molecule has 5 aromatic rings. The fourth-order valence-corrected chi connectivity index (χ4v) is 4.53. The molecule has 1 N–H and O–H groups in total. The molecule has 0 aliphatic heterocycles. The number of Topliss-reactive ketones (excluding diaryl/α,β-unsaturated/α-hetero) is 2. The molecule has 4 aromatic carbocycles. The summed E-state index contributed by atoms with van der Waals surface area (Å²) < 4.78 is 27.4. The van der Waals surface area contributed by atoms with Gasteiger partial charge < -0.3 is 4.98 Å². The third-order valence-electron chi connectivity index (χ3n) is 6.44. The van der Waals surface area contributed by atoms with Crippen molar-refractivity contribution in [2.45, 2.75) is 6.42 Å². The van der Waals surface area contributed by atoms with Crippen molar-refractivity contribution in [3.05, 3.63) is 153 Å². The van der Waals surface area contributed by atoms with Crippen molar-refractivity contribution in [3.8, 4) is 22.4 Å². The Hall–Kier alpha value is -5.30. The van der Waals surface area contributed by atoms with Crippen LogP contribution in [0.15, 0.2) is 114 Å². The molecule has 1 heterocycles. The Labute approximate surface area is 227 Å². The molecule has 5 nitrogen and oxygen atoms in total. The largest absolute Gasteiger partial charge is 0.321 e. The first-order chi connectivity index (χ1) is 19.3. The van der Waals surface area contributed by atoms with Gasteiger partial charge in [0.1, 0.15) is 11.6 Å². The van der Waals surface area contributed by atoms with Gasteiger partial charge in [0.25, 0.3) is 5.56 Å². The zero-order chi connectivity index (χ0) is 28.2. The Balaban J connectivity index is 1.79. The predicted octanol–water partition coefficient (Wildman–Crippen LogP) is 6.67. The van der Waals surface area contributed by atoms with Crippen molar-refractivity contribution in [1.29, 1.82) is 0 Å². The second-order valence-electron chi connectivity index (χ2n) is 9.05. The third kappa shape index (κ3) is 5.31. The average Bonchev–Trinajstić information content (AvgIpc) is 2.98. The molecule has 196 valence electrons. The maximum atomic E-state index is 14.0. The molecular formula is C33H21F2NO4. The van der Waals surface area contributed by atoms with Crippen LogP contribution in [0.4, 0.5) is 8.78 Å². The summed E-state index contributed by atoms with van der Waals surface area (Å²) in [7, 11) is 0. The number of aromatic nitrogens is 1. The number of carbonyl (C=O) groups excluding carboxylic acids is 3. The first-order valence-electron chi connectivity index (χ1n) is 12.4. The number of aromatic amines is 1. The minimum absolute atomic E-state index is 0.0314. The molecule has 0 amide bonds. The highest BCUT2D eigenvalue weighted by Gasteiger charge is 2.29. The van der Waals surface area contributed by atoms with E-state index in [-0.39, 0.29) is 27.9 Å². The van der Waals surface area contributed by atoms with Crippen LogP contribution in [0, 0.1) is 11.6 Å². The Bertz CT molecular complexity index is 1780. The fraction of sp³-hybridized carbons (Fsp3) is 0.0303. The van der Waals surface area contributed by atoms with E-state index in [0.29, 0.717) is 16.7 Å². The summed E-state index contributed by atoms with van der Waals surface area (Å²) in [5, 5.41) is 0. The molecule has 0 aliphatic rings. The van der Waals surface area contributed by atoms with Crippen LogP contribution < -0.4 is 5.56 Å². The van der Waals surface area contributed by atoms with Crippen LogP contribution in [-0.2, 0) is 0 Å². The fourth-order valence-electron chi connectivity index (χ4n) is 4.53. The summed E-state index contributed by atoms with van der Waals surface area (Å²) in [4.78, 5) is 57.0. The van der Waals surface area contributed by atoms with Gasteiger partial charge in [-0.05, 0) is 59.7 Å². The smallest absolute Gasteiger partial charge is 0.260 e. The molecule has 0 aliphatic carbocycles. The van der Waals surface area contributed by atoms with E-state index in [0.717, 1.165) is 12.1 Å². The van der Waals surface area contributed by atoms with Crippen molar-refractivity contribution in [2.24, 2.45) is 0 Å². The third-order valence-corrected chi connectivity index (χ3v) is 6.44. The van der Waals surface area contributed by atoms with Crippen LogP contribution in [0.2, 0.25) is 0 Å². The normalized spacial score (nSPS) is 10.8. The number of hydrogen-bond donors (Lipinski definition) is 1. The molecule has 0 fully saturated rings. The van der Waals surface area contributed by atoms with Crippen molar-refractivity contribution < 1.29 is 23.2 Å². The lowest BCUT2D eigenvalue weighted by atomic mass is 9.86. The molecule has 0 bridgehead atoms. The Morgan fingerprint density at radius 2 is 1.12 bits per heavy atom. The lowest BCUT2D eigenvalue weighted by molar-refractivity contribution is 0.0894. The quantitative estimate of drug-likeness (QED) is 0.178. The molecule has 1 aromatic heterocycles. The standard InChI is InChI=1S/C33H21F2NO4/c34-24-15-11-22(12-16-24)31-29(27(38)19-26(37)20-7-3-1-4-8-20)28(21-9-5-2-6-10-21)30(33(40)36-31)32(39)23-13-17-25(35)18-14-23/h1-18H,19H2,(H,36,40). The van der Waals surface area contributed by atoms with E-state index in [1.807, 2.05) is 0 Å². The Morgan fingerprint density at radius 1 is 0.575 bits per heavy atom. The molecule has 0 saturated carbocycles. The van der Waals surface area contributed by atoms with Crippen LogP contribution in [0.1, 0.15) is 43.1 Å². The van der Waals surface area contributed by atoms with Crippen LogP contribution in [0.25, 0.3) is 22.4 Å². The van der Waals surface area contributed by atoms with Crippen LogP contribution >= 0.6 is 0 Å². The predicted molar refractivity (Wildman–Crippen MR) is 147 cm³/mol. The number of halogens is 2. The molecule has 0 radical (unpaired) electrons. The van der Waals surface area contributed by atoms with E-state index in [1.54, 1.807) is 60.7 Å². The van der Waals surface area contributed by atoms with Gasteiger partial charge in [-0.3, -0.25) is 19.2 Å². The Kier molecular flexibility index (Phi) is 7.37. The lowest BCUT2D eigenvalue weighted by Crippen LogP contribution is -2.25. The maximum absolute atomic E-state index is 14.0. The highest BCUT2D eigenvalue weighted by Crippen LogP contribution is 2.34. The van der Waals surface area contributed by atoms with E-state index in [4.69, 9.17) is 0 Å². The van der Waals surface area contributed by atoms with Crippen LogP contribution in [-0.4, -0.2) is 22.3 Å². The number of ketones is 3. The highest BCUT2D eigenvalue weighted by molar-refractivity contribution is 6.21. The summed E-state index contributed by atoms with van der Waals surface area (Å²) in [5.41, 5.74) is -0.0474. The first kappa shape index (κ1) is 26.3. The summed E-state index contributed by atoms with van der Waals surface area (Å²) in [6, 6.07) is 26.5. The molecule has 0 atom stereocenters. The minimum Gasteiger partial charge on any atom is -0.321 e. The number of carbonyl (C=O) groups is 3. The van der Waals surface area contributed by atoms with E-state index in [9.17, 15) is 28.0 Å². The first-order valence-corrected chi connectivity index (χ1v) is 12.4. The summed E-state index contributed by atoms with van der Waals surface area (Å²) in [6.07, 6.45) is -0.547. The second kappa shape index (κ2) is 11.2. The monoisotopic (exact) mass is 533 g/mol. The number of H-pyrrole nitrogens is 1. The average molecular weight is 534 g/mol. The molecule has 0 spiro atoms. The van der Waals surface area contributed by atoms with Crippen LogP contribution in [0.3, 0.4) is 0 Å². The van der Waals surface area contributed by atoms with Crippen LogP contribution in [0.5, 0.6) is 0 Å². The molecule has 5 rings (SSSR count). The van der Waals surface area contributed by atoms with Gasteiger partial charge in [-0.2, -0.15) is 0 Å². The zero-order valence-corrected chi connectivity index (χ0v) is 21.0. The second-order valence-corrected chi connectivity index (χ2v) is 9.05. The number of pyridine rings is 1. The number of nitrogens with one attached hydrogen (secondary N) is 1. The van der Waals surface area contributed by atoms with Gasteiger partial charge in [-0.1, -0.05) is 60.7 Å². The van der Waals surface area contributed by atoms with Gasteiger partial charge in [-0.15, -0.1) is 0 Å². The zero-order valence-electron chi connectivity index (χ0n) is 21.0. The molecule has 7 heteroatoms. The molecule has 40 heavy (non-hydrogen) atoms. The van der Waals surface area contributed by atoms with Crippen molar-refractivity contribution in [3.63, 3.8) is 0 Å². The van der Waals surface area contributed by atoms with Crippen molar-refractivity contribution >= 4 is 17.3 Å². The molecule has 0 saturated heterocycles.